The Kier molecular flexibility index (Phi) is 5.29. The molecule has 1 aromatic carbocycles. The molecule has 3 heteroatoms. The highest BCUT2D eigenvalue weighted by molar-refractivity contribution is 5.44. The highest BCUT2D eigenvalue weighted by Crippen LogP contribution is 2.34. The minimum Gasteiger partial charge on any atom is -0.493 e. The topological polar surface area (TPSA) is 38.7 Å². The van der Waals surface area contributed by atoms with Gasteiger partial charge in [0.15, 0.2) is 11.5 Å². The highest BCUT2D eigenvalue weighted by Gasteiger charge is 2.17. The molecular weight excluding hydrogens is 216 g/mol. The second-order valence-corrected chi connectivity index (χ2v) is 4.48. The Labute approximate surface area is 103 Å². The molecule has 1 atom stereocenters. The number of hydrogen-bond acceptors (Lipinski definition) is 3. The van der Waals surface area contributed by atoms with Crippen molar-refractivity contribution < 1.29 is 14.6 Å². The lowest BCUT2D eigenvalue weighted by Crippen LogP contribution is -2.09. The molecule has 0 aliphatic rings. The van der Waals surface area contributed by atoms with Gasteiger partial charge in [0.25, 0.3) is 0 Å². The molecule has 1 aromatic rings. The van der Waals surface area contributed by atoms with Crippen molar-refractivity contribution in [2.45, 2.75) is 26.2 Å². The lowest BCUT2D eigenvalue weighted by molar-refractivity contribution is 0.261. The van der Waals surface area contributed by atoms with Gasteiger partial charge < -0.3 is 14.6 Å². The van der Waals surface area contributed by atoms with Crippen LogP contribution in [0.25, 0.3) is 0 Å². The fourth-order valence-electron chi connectivity index (χ4n) is 2.11. The molecule has 96 valence electrons. The monoisotopic (exact) mass is 238 g/mol. The number of rotatable bonds is 6. The van der Waals surface area contributed by atoms with E-state index in [9.17, 15) is 0 Å². The first-order chi connectivity index (χ1) is 8.13. The molecule has 0 aliphatic heterocycles. The summed E-state index contributed by atoms with van der Waals surface area (Å²) in [4.78, 5) is 0. The van der Waals surface area contributed by atoms with Crippen LogP contribution in [0.15, 0.2) is 18.2 Å². The predicted octanol–water partition coefficient (Wildman–Crippen LogP) is 2.83. The van der Waals surface area contributed by atoms with Gasteiger partial charge in [-0.25, -0.2) is 0 Å². The smallest absolute Gasteiger partial charge is 0.160 e. The molecule has 0 spiro atoms. The van der Waals surface area contributed by atoms with E-state index in [-0.39, 0.29) is 6.61 Å². The number of hydrogen-bond donors (Lipinski definition) is 1. The predicted molar refractivity (Wildman–Crippen MR) is 68.8 cm³/mol. The number of benzene rings is 1. The first-order valence-electron chi connectivity index (χ1n) is 5.96. The molecule has 0 aromatic heterocycles. The van der Waals surface area contributed by atoms with Crippen LogP contribution in [0, 0.1) is 5.92 Å². The van der Waals surface area contributed by atoms with Crippen molar-refractivity contribution in [3.63, 3.8) is 0 Å². The molecule has 17 heavy (non-hydrogen) atoms. The van der Waals surface area contributed by atoms with Crippen molar-refractivity contribution in [1.82, 2.24) is 0 Å². The summed E-state index contributed by atoms with van der Waals surface area (Å²) >= 11 is 0. The van der Waals surface area contributed by atoms with E-state index >= 15 is 0 Å². The zero-order valence-electron chi connectivity index (χ0n) is 11.1. The molecule has 0 saturated heterocycles. The third-order valence-corrected chi connectivity index (χ3v) is 3.08. The van der Waals surface area contributed by atoms with Crippen LogP contribution in [-0.2, 0) is 0 Å². The maximum Gasteiger partial charge on any atom is 0.160 e. The zero-order valence-corrected chi connectivity index (χ0v) is 11.1. The first-order valence-corrected chi connectivity index (χ1v) is 5.96. The Hall–Kier alpha value is -1.22. The van der Waals surface area contributed by atoms with Crippen LogP contribution in [0.4, 0.5) is 0 Å². The van der Waals surface area contributed by atoms with Gasteiger partial charge in [0, 0.05) is 6.61 Å². The minimum atomic E-state index is 0.206. The van der Waals surface area contributed by atoms with Crippen molar-refractivity contribution >= 4 is 0 Å². The third-order valence-electron chi connectivity index (χ3n) is 3.08. The molecule has 3 nitrogen and oxygen atoms in total. The molecule has 0 fully saturated rings. The maximum atomic E-state index is 9.12. The summed E-state index contributed by atoms with van der Waals surface area (Å²) < 4.78 is 10.5. The third kappa shape index (κ3) is 3.37. The second kappa shape index (κ2) is 6.50. The van der Waals surface area contributed by atoms with E-state index in [1.807, 2.05) is 18.2 Å². The van der Waals surface area contributed by atoms with Crippen LogP contribution in [0.3, 0.4) is 0 Å². The fraction of sp³-hybridized carbons (Fsp3) is 0.571. The molecule has 1 unspecified atom stereocenters. The minimum absolute atomic E-state index is 0.206. The molecule has 0 radical (unpaired) electrons. The molecule has 0 bridgehead atoms. The second-order valence-electron chi connectivity index (χ2n) is 4.48. The Balaban J connectivity index is 3.03. The van der Waals surface area contributed by atoms with Crippen molar-refractivity contribution in [2.24, 2.45) is 5.92 Å². The van der Waals surface area contributed by atoms with Gasteiger partial charge >= 0.3 is 0 Å². The summed E-state index contributed by atoms with van der Waals surface area (Å²) in [5, 5.41) is 9.12. The summed E-state index contributed by atoms with van der Waals surface area (Å²) in [6.07, 6.45) is 0.771. The van der Waals surface area contributed by atoms with Gasteiger partial charge in [-0.1, -0.05) is 19.9 Å². The Morgan fingerprint density at radius 3 is 2.24 bits per heavy atom. The lowest BCUT2D eigenvalue weighted by atomic mass is 9.86. The maximum absolute atomic E-state index is 9.12. The van der Waals surface area contributed by atoms with Crippen LogP contribution >= 0.6 is 0 Å². The van der Waals surface area contributed by atoms with Crippen molar-refractivity contribution in [2.75, 3.05) is 20.8 Å². The first kappa shape index (κ1) is 13.8. The normalized spacial score (nSPS) is 12.6. The summed E-state index contributed by atoms with van der Waals surface area (Å²) in [6, 6.07) is 5.96. The fourth-order valence-corrected chi connectivity index (χ4v) is 2.11. The molecule has 0 aliphatic carbocycles. The van der Waals surface area contributed by atoms with Crippen LogP contribution in [0.1, 0.15) is 31.7 Å². The van der Waals surface area contributed by atoms with Gasteiger partial charge in [-0.15, -0.1) is 0 Å². The van der Waals surface area contributed by atoms with E-state index in [2.05, 4.69) is 13.8 Å². The van der Waals surface area contributed by atoms with E-state index in [4.69, 9.17) is 14.6 Å². The molecule has 1 rings (SSSR count). The Bertz CT molecular complexity index is 347. The number of methoxy groups -OCH3 is 2. The van der Waals surface area contributed by atoms with Gasteiger partial charge in [0.1, 0.15) is 0 Å². The van der Waals surface area contributed by atoms with Gasteiger partial charge in [-0.05, 0) is 36.0 Å². The summed E-state index contributed by atoms with van der Waals surface area (Å²) in [5.41, 5.74) is 1.19. The number of ether oxygens (including phenoxy) is 2. The average Bonchev–Trinajstić information content (AvgIpc) is 2.34. The highest BCUT2D eigenvalue weighted by atomic mass is 16.5. The molecular formula is C14H22O3. The summed E-state index contributed by atoms with van der Waals surface area (Å²) in [6.45, 7) is 4.53. The van der Waals surface area contributed by atoms with Gasteiger partial charge in [-0.3, -0.25) is 0 Å². The van der Waals surface area contributed by atoms with Crippen LogP contribution < -0.4 is 9.47 Å². The van der Waals surface area contributed by atoms with Crippen molar-refractivity contribution in [3.05, 3.63) is 23.8 Å². The lowest BCUT2D eigenvalue weighted by Gasteiger charge is -2.21. The zero-order chi connectivity index (χ0) is 12.8. The Morgan fingerprint density at radius 1 is 1.12 bits per heavy atom. The molecule has 1 N–H and O–H groups in total. The average molecular weight is 238 g/mol. The van der Waals surface area contributed by atoms with Crippen LogP contribution in [0.2, 0.25) is 0 Å². The van der Waals surface area contributed by atoms with Crippen molar-refractivity contribution in [1.29, 1.82) is 0 Å². The molecule has 0 amide bonds. The van der Waals surface area contributed by atoms with E-state index < -0.39 is 0 Å². The van der Waals surface area contributed by atoms with E-state index in [1.54, 1.807) is 14.2 Å². The van der Waals surface area contributed by atoms with E-state index in [0.717, 1.165) is 17.9 Å². The van der Waals surface area contributed by atoms with Gasteiger partial charge in [-0.2, -0.15) is 0 Å². The SMILES string of the molecule is COc1ccc(C(CCO)C(C)C)cc1OC. The summed E-state index contributed by atoms with van der Waals surface area (Å²) in [5.74, 6) is 2.32. The Morgan fingerprint density at radius 2 is 1.76 bits per heavy atom. The number of aliphatic hydroxyl groups excluding tert-OH is 1. The van der Waals surface area contributed by atoms with E-state index in [1.165, 1.54) is 5.56 Å². The van der Waals surface area contributed by atoms with Gasteiger partial charge in [0.05, 0.1) is 14.2 Å². The van der Waals surface area contributed by atoms with Gasteiger partial charge in [0.2, 0.25) is 0 Å². The summed E-state index contributed by atoms with van der Waals surface area (Å²) in [7, 11) is 3.27. The van der Waals surface area contributed by atoms with Crippen molar-refractivity contribution in [3.8, 4) is 11.5 Å². The standard InChI is InChI=1S/C14H22O3/c1-10(2)12(7-8-15)11-5-6-13(16-3)14(9-11)17-4/h5-6,9-10,12,15H,7-8H2,1-4H3. The quantitative estimate of drug-likeness (QED) is 0.828. The van der Waals surface area contributed by atoms with Crippen LogP contribution in [-0.4, -0.2) is 25.9 Å². The molecule has 0 saturated carbocycles. The molecule has 0 heterocycles. The number of aliphatic hydroxyl groups is 1. The largest absolute Gasteiger partial charge is 0.493 e. The van der Waals surface area contributed by atoms with Crippen LogP contribution in [0.5, 0.6) is 11.5 Å². The van der Waals surface area contributed by atoms with E-state index in [0.29, 0.717) is 11.8 Å².